The maximum atomic E-state index is 12.2. The zero-order valence-corrected chi connectivity index (χ0v) is 10.2. The van der Waals surface area contributed by atoms with Crippen LogP contribution >= 0.6 is 11.5 Å². The Bertz CT molecular complexity index is 518. The molecule has 2 heterocycles. The Labute approximate surface area is 105 Å². The second kappa shape index (κ2) is 4.92. The summed E-state index contributed by atoms with van der Waals surface area (Å²) in [5, 5.41) is 6.97. The number of alkyl halides is 3. The largest absolute Gasteiger partial charge is 0.452 e. The molecule has 0 amide bonds. The molecule has 2 aromatic rings. The maximum Gasteiger partial charge on any atom is 0.452 e. The summed E-state index contributed by atoms with van der Waals surface area (Å²) in [6.07, 6.45) is -0.263. The van der Waals surface area contributed by atoms with Crippen LogP contribution in [0.2, 0.25) is 0 Å². The highest BCUT2D eigenvalue weighted by molar-refractivity contribution is 7.09. The van der Waals surface area contributed by atoms with E-state index >= 15 is 0 Å². The van der Waals surface area contributed by atoms with Crippen molar-refractivity contribution < 1.29 is 13.2 Å². The first kappa shape index (κ1) is 12.8. The van der Waals surface area contributed by atoms with Gasteiger partial charge in [0.1, 0.15) is 0 Å². The number of hydrogen-bond donors (Lipinski definition) is 1. The van der Waals surface area contributed by atoms with E-state index in [0.29, 0.717) is 24.5 Å². The number of nitrogens with zero attached hydrogens (tertiary/aromatic N) is 4. The molecule has 0 aliphatic heterocycles. The standard InChI is InChI=1S/C9H10F3N5S/c1-17-5-6(4-14-17)2-3-13-8-15-7(16-18-8)9(10,11)12/h4-5H,2-3H2,1H3,(H,13,15,16). The molecule has 18 heavy (non-hydrogen) atoms. The Hall–Kier alpha value is -1.64. The fraction of sp³-hybridized carbons (Fsp3) is 0.444. The minimum absolute atomic E-state index is 0.172. The fourth-order valence-corrected chi connectivity index (χ4v) is 1.94. The summed E-state index contributed by atoms with van der Waals surface area (Å²) < 4.78 is 41.6. The SMILES string of the molecule is Cn1cc(CCNc2nc(C(F)(F)F)ns2)cn1. The number of halogens is 3. The molecule has 2 aromatic heterocycles. The van der Waals surface area contributed by atoms with Crippen LogP contribution in [0.15, 0.2) is 12.4 Å². The monoisotopic (exact) mass is 277 g/mol. The molecule has 0 fully saturated rings. The van der Waals surface area contributed by atoms with Crippen LogP contribution in [0.1, 0.15) is 11.4 Å². The van der Waals surface area contributed by atoms with E-state index in [9.17, 15) is 13.2 Å². The van der Waals surface area contributed by atoms with Crippen molar-refractivity contribution in [1.29, 1.82) is 0 Å². The van der Waals surface area contributed by atoms with Crippen molar-refractivity contribution in [3.63, 3.8) is 0 Å². The van der Waals surface area contributed by atoms with Crippen LogP contribution in [0, 0.1) is 0 Å². The smallest absolute Gasteiger partial charge is 0.360 e. The topological polar surface area (TPSA) is 55.6 Å². The van der Waals surface area contributed by atoms with Crippen molar-refractivity contribution in [3.05, 3.63) is 23.8 Å². The third-order valence-corrected chi connectivity index (χ3v) is 2.80. The van der Waals surface area contributed by atoms with Crippen LogP contribution in [0.5, 0.6) is 0 Å². The van der Waals surface area contributed by atoms with Gasteiger partial charge in [0, 0.05) is 31.3 Å². The Morgan fingerprint density at radius 1 is 1.44 bits per heavy atom. The van der Waals surface area contributed by atoms with E-state index in [1.165, 1.54) is 0 Å². The Morgan fingerprint density at radius 3 is 2.78 bits per heavy atom. The average Bonchev–Trinajstić information content (AvgIpc) is 2.87. The first-order chi connectivity index (χ1) is 8.45. The average molecular weight is 277 g/mol. The normalized spacial score (nSPS) is 11.8. The number of rotatable bonds is 4. The van der Waals surface area contributed by atoms with Gasteiger partial charge in [0.25, 0.3) is 0 Å². The molecule has 0 unspecified atom stereocenters. The Balaban J connectivity index is 1.85. The number of hydrogen-bond acceptors (Lipinski definition) is 5. The quantitative estimate of drug-likeness (QED) is 0.928. The molecule has 2 rings (SSSR count). The summed E-state index contributed by atoms with van der Waals surface area (Å²) in [7, 11) is 1.80. The van der Waals surface area contributed by atoms with Gasteiger partial charge in [0.2, 0.25) is 11.0 Å². The number of aromatic nitrogens is 4. The lowest BCUT2D eigenvalue weighted by molar-refractivity contribution is -0.144. The highest BCUT2D eigenvalue weighted by Gasteiger charge is 2.36. The molecule has 0 radical (unpaired) electrons. The van der Waals surface area contributed by atoms with Gasteiger partial charge in [-0.15, -0.1) is 0 Å². The summed E-state index contributed by atoms with van der Waals surface area (Å²) in [6, 6.07) is 0. The molecule has 5 nitrogen and oxygen atoms in total. The van der Waals surface area contributed by atoms with Crippen molar-refractivity contribution in [3.8, 4) is 0 Å². The number of aryl methyl sites for hydroxylation is 1. The van der Waals surface area contributed by atoms with Gasteiger partial charge in [-0.3, -0.25) is 4.68 Å². The Kier molecular flexibility index (Phi) is 3.50. The summed E-state index contributed by atoms with van der Waals surface area (Å²) >= 11 is 0.704. The highest BCUT2D eigenvalue weighted by Crippen LogP contribution is 2.28. The Morgan fingerprint density at radius 2 is 2.22 bits per heavy atom. The van der Waals surface area contributed by atoms with Crippen molar-refractivity contribution in [1.82, 2.24) is 19.1 Å². The van der Waals surface area contributed by atoms with Crippen molar-refractivity contribution in [2.24, 2.45) is 7.05 Å². The first-order valence-corrected chi connectivity index (χ1v) is 5.85. The number of anilines is 1. The van der Waals surface area contributed by atoms with Gasteiger partial charge in [0.05, 0.1) is 6.20 Å². The van der Waals surface area contributed by atoms with Crippen LogP contribution in [0.25, 0.3) is 0 Å². The molecule has 0 spiro atoms. The summed E-state index contributed by atoms with van der Waals surface area (Å²) in [6.45, 7) is 0.484. The van der Waals surface area contributed by atoms with Gasteiger partial charge in [-0.05, 0) is 12.0 Å². The summed E-state index contributed by atoms with van der Waals surface area (Å²) in [5.74, 6) is -1.10. The first-order valence-electron chi connectivity index (χ1n) is 5.07. The van der Waals surface area contributed by atoms with E-state index in [2.05, 4.69) is 19.8 Å². The number of nitrogens with one attached hydrogen (secondary N) is 1. The molecule has 0 aliphatic rings. The van der Waals surface area contributed by atoms with Crippen LogP contribution in [-0.2, 0) is 19.6 Å². The predicted octanol–water partition coefficient (Wildman–Crippen LogP) is 1.95. The van der Waals surface area contributed by atoms with Crippen molar-refractivity contribution in [2.75, 3.05) is 11.9 Å². The third kappa shape index (κ3) is 3.19. The molecule has 0 aromatic carbocycles. The molecule has 9 heteroatoms. The lowest BCUT2D eigenvalue weighted by Gasteiger charge is -2.00. The fourth-order valence-electron chi connectivity index (χ4n) is 1.33. The van der Waals surface area contributed by atoms with E-state index in [-0.39, 0.29) is 5.13 Å². The van der Waals surface area contributed by atoms with Gasteiger partial charge >= 0.3 is 6.18 Å². The summed E-state index contributed by atoms with van der Waals surface area (Å²) in [5.41, 5.74) is 1.01. The highest BCUT2D eigenvalue weighted by atomic mass is 32.1. The molecule has 0 aliphatic carbocycles. The van der Waals surface area contributed by atoms with Gasteiger partial charge in [-0.25, -0.2) is 0 Å². The van der Waals surface area contributed by atoms with Gasteiger partial charge < -0.3 is 5.32 Å². The van der Waals surface area contributed by atoms with Gasteiger partial charge in [-0.1, -0.05) is 0 Å². The second-order valence-corrected chi connectivity index (χ2v) is 4.37. The minimum atomic E-state index is -4.49. The molecule has 0 saturated heterocycles. The van der Waals surface area contributed by atoms with Gasteiger partial charge in [0.15, 0.2) is 0 Å². The van der Waals surface area contributed by atoms with E-state index in [1.807, 2.05) is 6.20 Å². The zero-order chi connectivity index (χ0) is 13.2. The molecular weight excluding hydrogens is 267 g/mol. The lowest BCUT2D eigenvalue weighted by Crippen LogP contribution is -2.08. The molecule has 0 bridgehead atoms. The summed E-state index contributed by atoms with van der Waals surface area (Å²) in [4.78, 5) is 3.37. The van der Waals surface area contributed by atoms with Gasteiger partial charge in [-0.2, -0.15) is 27.6 Å². The second-order valence-electron chi connectivity index (χ2n) is 3.62. The van der Waals surface area contributed by atoms with E-state index in [1.54, 1.807) is 17.9 Å². The van der Waals surface area contributed by atoms with Crippen LogP contribution < -0.4 is 5.32 Å². The zero-order valence-electron chi connectivity index (χ0n) is 9.40. The van der Waals surface area contributed by atoms with Crippen molar-refractivity contribution >= 4 is 16.7 Å². The van der Waals surface area contributed by atoms with Crippen molar-refractivity contribution in [2.45, 2.75) is 12.6 Å². The minimum Gasteiger partial charge on any atom is -0.360 e. The van der Waals surface area contributed by atoms with E-state index in [0.717, 1.165) is 5.56 Å². The van der Waals surface area contributed by atoms with Crippen LogP contribution in [-0.4, -0.2) is 25.7 Å². The third-order valence-electron chi connectivity index (χ3n) is 2.13. The molecule has 1 N–H and O–H groups in total. The molecular formula is C9H10F3N5S. The lowest BCUT2D eigenvalue weighted by atomic mass is 10.2. The molecule has 0 saturated carbocycles. The molecule has 98 valence electrons. The van der Waals surface area contributed by atoms with E-state index in [4.69, 9.17) is 0 Å². The van der Waals surface area contributed by atoms with Crippen LogP contribution in [0.4, 0.5) is 18.3 Å². The molecule has 0 atom stereocenters. The van der Waals surface area contributed by atoms with E-state index < -0.39 is 12.0 Å². The predicted molar refractivity (Wildman–Crippen MR) is 60.3 cm³/mol. The van der Waals surface area contributed by atoms with Crippen LogP contribution in [0.3, 0.4) is 0 Å². The maximum absolute atomic E-state index is 12.2.